The molecule has 10 heteroatoms. The first-order valence-electron chi connectivity index (χ1n) is 7.58. The smallest absolute Gasteiger partial charge is 0.251 e. The molecule has 0 saturated heterocycles. The highest BCUT2D eigenvalue weighted by molar-refractivity contribution is 7.89. The van der Waals surface area contributed by atoms with Crippen LogP contribution in [0.4, 0.5) is 0 Å². The van der Waals surface area contributed by atoms with Crippen LogP contribution in [-0.2, 0) is 16.4 Å². The molecular formula is C16H15N5O4S. The van der Waals surface area contributed by atoms with Gasteiger partial charge in [-0.15, -0.1) is 0 Å². The van der Waals surface area contributed by atoms with E-state index in [9.17, 15) is 13.2 Å². The summed E-state index contributed by atoms with van der Waals surface area (Å²) >= 11 is 0. The molecule has 2 heterocycles. The fourth-order valence-electron chi connectivity index (χ4n) is 2.14. The van der Waals surface area contributed by atoms with Gasteiger partial charge in [-0.25, -0.2) is 13.6 Å². The van der Waals surface area contributed by atoms with E-state index in [1.165, 1.54) is 24.3 Å². The molecule has 3 rings (SSSR count). The summed E-state index contributed by atoms with van der Waals surface area (Å²) in [6.07, 6.45) is 1.98. The second-order valence-corrected chi connectivity index (χ2v) is 6.86. The van der Waals surface area contributed by atoms with Gasteiger partial charge in [0, 0.05) is 24.7 Å². The Labute approximate surface area is 149 Å². The van der Waals surface area contributed by atoms with Crippen molar-refractivity contribution in [1.29, 1.82) is 0 Å². The molecule has 134 valence electrons. The van der Waals surface area contributed by atoms with E-state index < -0.39 is 10.0 Å². The fraction of sp³-hybridized carbons (Fsp3) is 0.125. The average molecular weight is 373 g/mol. The lowest BCUT2D eigenvalue weighted by Gasteiger charge is -2.04. The summed E-state index contributed by atoms with van der Waals surface area (Å²) in [6, 6.07) is 10.7. The zero-order valence-corrected chi connectivity index (χ0v) is 14.3. The molecule has 0 aliphatic carbocycles. The van der Waals surface area contributed by atoms with Crippen LogP contribution >= 0.6 is 0 Å². The number of sulfonamides is 1. The van der Waals surface area contributed by atoms with Crippen molar-refractivity contribution in [2.45, 2.75) is 11.3 Å². The van der Waals surface area contributed by atoms with Crippen molar-refractivity contribution in [3.63, 3.8) is 0 Å². The third-order valence-corrected chi connectivity index (χ3v) is 4.36. The molecule has 0 spiro atoms. The van der Waals surface area contributed by atoms with Gasteiger partial charge < -0.3 is 9.84 Å². The van der Waals surface area contributed by atoms with Crippen molar-refractivity contribution < 1.29 is 17.7 Å². The van der Waals surface area contributed by atoms with Gasteiger partial charge >= 0.3 is 0 Å². The van der Waals surface area contributed by atoms with Crippen molar-refractivity contribution in [1.82, 2.24) is 20.4 Å². The number of amides is 1. The molecule has 1 aromatic carbocycles. The highest BCUT2D eigenvalue weighted by Crippen LogP contribution is 2.12. The minimum Gasteiger partial charge on any atom is -0.352 e. The molecule has 0 fully saturated rings. The molecule has 0 unspecified atom stereocenters. The van der Waals surface area contributed by atoms with E-state index >= 15 is 0 Å². The predicted molar refractivity (Wildman–Crippen MR) is 91.4 cm³/mol. The number of rotatable bonds is 6. The molecule has 0 saturated carbocycles. The first-order chi connectivity index (χ1) is 12.4. The zero-order chi connectivity index (χ0) is 18.6. The van der Waals surface area contributed by atoms with Crippen molar-refractivity contribution in [2.24, 2.45) is 5.14 Å². The minimum atomic E-state index is -3.78. The number of nitrogens with zero attached hydrogens (tertiary/aromatic N) is 3. The molecule has 3 N–H and O–H groups in total. The van der Waals surface area contributed by atoms with Gasteiger partial charge in [-0.3, -0.25) is 9.78 Å². The Morgan fingerprint density at radius 1 is 1.15 bits per heavy atom. The number of carbonyl (C=O) groups is 1. The van der Waals surface area contributed by atoms with E-state index in [-0.39, 0.29) is 17.3 Å². The van der Waals surface area contributed by atoms with Gasteiger partial charge in [-0.2, -0.15) is 4.98 Å². The van der Waals surface area contributed by atoms with E-state index in [0.29, 0.717) is 29.4 Å². The van der Waals surface area contributed by atoms with Crippen LogP contribution in [0, 0.1) is 0 Å². The van der Waals surface area contributed by atoms with Crippen molar-refractivity contribution in [2.75, 3.05) is 6.54 Å². The normalized spacial score (nSPS) is 11.3. The van der Waals surface area contributed by atoms with Crippen LogP contribution in [0.15, 0.2) is 58.1 Å². The highest BCUT2D eigenvalue weighted by atomic mass is 32.2. The number of nitrogens with two attached hydrogens (primary N) is 1. The van der Waals surface area contributed by atoms with Gasteiger partial charge in [-0.1, -0.05) is 11.2 Å². The van der Waals surface area contributed by atoms with Crippen LogP contribution < -0.4 is 10.5 Å². The van der Waals surface area contributed by atoms with Gasteiger partial charge in [0.25, 0.3) is 5.91 Å². The number of hydrogen-bond acceptors (Lipinski definition) is 7. The number of benzene rings is 1. The van der Waals surface area contributed by atoms with Crippen molar-refractivity contribution >= 4 is 15.9 Å². The van der Waals surface area contributed by atoms with Gasteiger partial charge in [-0.05, 0) is 36.4 Å². The summed E-state index contributed by atoms with van der Waals surface area (Å²) in [6.45, 7) is 0.277. The highest BCUT2D eigenvalue weighted by Gasteiger charge is 2.12. The summed E-state index contributed by atoms with van der Waals surface area (Å²) < 4.78 is 27.5. The number of carbonyl (C=O) groups excluding carboxylic acids is 1. The monoisotopic (exact) mass is 373 g/mol. The average Bonchev–Trinajstić information content (AvgIpc) is 3.11. The molecule has 0 aliphatic heterocycles. The maximum absolute atomic E-state index is 12.1. The molecule has 1 amide bonds. The van der Waals surface area contributed by atoms with Crippen LogP contribution in [0.25, 0.3) is 11.5 Å². The molecule has 0 bridgehead atoms. The second kappa shape index (κ2) is 7.42. The molecule has 2 aromatic heterocycles. The largest absolute Gasteiger partial charge is 0.352 e. The van der Waals surface area contributed by atoms with Crippen LogP contribution in [0.5, 0.6) is 0 Å². The lowest BCUT2D eigenvalue weighted by molar-refractivity contribution is 0.0953. The molecule has 0 radical (unpaired) electrons. The Morgan fingerprint density at radius 3 is 2.58 bits per heavy atom. The first-order valence-corrected chi connectivity index (χ1v) is 9.13. The Bertz CT molecular complexity index is 1000. The van der Waals surface area contributed by atoms with Crippen molar-refractivity contribution in [3.05, 3.63) is 60.1 Å². The number of hydrogen-bond donors (Lipinski definition) is 2. The van der Waals surface area contributed by atoms with Crippen LogP contribution in [0.1, 0.15) is 16.2 Å². The van der Waals surface area contributed by atoms with Gasteiger partial charge in [0.2, 0.25) is 21.7 Å². The molecular weight excluding hydrogens is 358 g/mol. The Morgan fingerprint density at radius 2 is 1.92 bits per heavy atom. The zero-order valence-electron chi connectivity index (χ0n) is 13.5. The van der Waals surface area contributed by atoms with Crippen LogP contribution in [-0.4, -0.2) is 36.0 Å². The third-order valence-electron chi connectivity index (χ3n) is 3.43. The quantitative estimate of drug-likeness (QED) is 0.649. The number of primary sulfonamides is 1. The number of aromatic nitrogens is 3. The third kappa shape index (κ3) is 4.29. The fourth-order valence-corrected chi connectivity index (χ4v) is 2.65. The topological polar surface area (TPSA) is 141 Å². The van der Waals surface area contributed by atoms with Crippen LogP contribution in [0.2, 0.25) is 0 Å². The van der Waals surface area contributed by atoms with E-state index in [1.54, 1.807) is 18.3 Å². The maximum Gasteiger partial charge on any atom is 0.251 e. The summed E-state index contributed by atoms with van der Waals surface area (Å²) in [4.78, 5) is 20.3. The molecule has 9 nitrogen and oxygen atoms in total. The Balaban J connectivity index is 1.55. The summed E-state index contributed by atoms with van der Waals surface area (Å²) in [5.41, 5.74) is 0.915. The van der Waals surface area contributed by atoms with Crippen LogP contribution in [0.3, 0.4) is 0 Å². The molecule has 0 aliphatic rings. The van der Waals surface area contributed by atoms with E-state index in [0.717, 1.165) is 0 Å². The van der Waals surface area contributed by atoms with Gasteiger partial charge in [0.15, 0.2) is 0 Å². The lowest BCUT2D eigenvalue weighted by Crippen LogP contribution is -2.25. The Kier molecular flexibility index (Phi) is 5.05. The van der Waals surface area contributed by atoms with E-state index in [4.69, 9.17) is 9.66 Å². The summed E-state index contributed by atoms with van der Waals surface area (Å²) in [5.74, 6) is 0.400. The minimum absolute atomic E-state index is 0.0537. The standard InChI is InChI=1S/C16H15N5O4S/c17-26(23,24)12-6-4-11(5-7-12)16(22)19-10-8-14-20-15(21-25-14)13-3-1-2-9-18-13/h1-7,9H,8,10H2,(H,19,22)(H2,17,23,24). The van der Waals surface area contributed by atoms with E-state index in [1.807, 2.05) is 6.07 Å². The lowest BCUT2D eigenvalue weighted by atomic mass is 10.2. The number of pyridine rings is 1. The first kappa shape index (κ1) is 17.7. The maximum atomic E-state index is 12.1. The summed E-state index contributed by atoms with van der Waals surface area (Å²) in [5, 5.41) is 11.6. The SMILES string of the molecule is NS(=O)(=O)c1ccc(C(=O)NCCc2nc(-c3ccccn3)no2)cc1. The molecule has 0 atom stereocenters. The van der Waals surface area contributed by atoms with Gasteiger partial charge in [0.1, 0.15) is 5.69 Å². The molecule has 3 aromatic rings. The number of nitrogens with one attached hydrogen (secondary N) is 1. The summed E-state index contributed by atoms with van der Waals surface area (Å²) in [7, 11) is -3.78. The van der Waals surface area contributed by atoms with Crippen molar-refractivity contribution in [3.8, 4) is 11.5 Å². The molecule has 26 heavy (non-hydrogen) atoms. The Hall–Kier alpha value is -3.11. The second-order valence-electron chi connectivity index (χ2n) is 5.30. The van der Waals surface area contributed by atoms with E-state index in [2.05, 4.69) is 20.4 Å². The van der Waals surface area contributed by atoms with Gasteiger partial charge in [0.05, 0.1) is 4.90 Å². The predicted octanol–water partition coefficient (Wildman–Crippen LogP) is 0.751.